The lowest BCUT2D eigenvalue weighted by Gasteiger charge is -2.11. The highest BCUT2D eigenvalue weighted by Gasteiger charge is 2.31. The largest absolute Gasteiger partial charge is 0.416 e. The first kappa shape index (κ1) is 18.8. The first-order valence-electron chi connectivity index (χ1n) is 7.77. The van der Waals surface area contributed by atoms with E-state index in [-0.39, 0.29) is 11.4 Å². The van der Waals surface area contributed by atoms with E-state index < -0.39 is 23.7 Å². The van der Waals surface area contributed by atoms with Crippen molar-refractivity contribution >= 4 is 23.2 Å². The summed E-state index contributed by atoms with van der Waals surface area (Å²) in [5.41, 5.74) is -0.167. The molecule has 1 aromatic heterocycles. The third kappa shape index (κ3) is 4.43. The Morgan fingerprint density at radius 3 is 2.63 bits per heavy atom. The molecular formula is C17H13ClF3N5O. The number of anilines is 1. The highest BCUT2D eigenvalue weighted by molar-refractivity contribution is 6.30. The average molecular weight is 396 g/mol. The Morgan fingerprint density at radius 2 is 1.93 bits per heavy atom. The Balaban J connectivity index is 1.78. The van der Waals surface area contributed by atoms with Gasteiger partial charge in [-0.3, -0.25) is 4.79 Å². The Kier molecular flexibility index (Phi) is 5.13. The van der Waals surface area contributed by atoms with Gasteiger partial charge in [-0.2, -0.15) is 18.0 Å². The van der Waals surface area contributed by atoms with Crippen LogP contribution in [-0.2, 0) is 11.0 Å². The number of alkyl halides is 3. The number of rotatable bonds is 4. The SMILES string of the molecule is C[C@@H](C(=O)Nc1cccc(Cl)c1)n1nnc(-c2cccc(C(F)(F)F)c2)n1. The second-order valence-electron chi connectivity index (χ2n) is 5.69. The quantitative estimate of drug-likeness (QED) is 0.718. The number of aromatic nitrogens is 4. The van der Waals surface area contributed by atoms with Crippen LogP contribution in [0.2, 0.25) is 5.02 Å². The van der Waals surface area contributed by atoms with Gasteiger partial charge < -0.3 is 5.32 Å². The standard InChI is InChI=1S/C17H13ClF3N5O/c1-10(16(27)22-14-7-3-6-13(18)9-14)26-24-15(23-25-26)11-4-2-5-12(8-11)17(19,20)21/h2-10H,1H3,(H,22,27)/t10-/m0/s1. The summed E-state index contributed by atoms with van der Waals surface area (Å²) in [7, 11) is 0. The molecular weight excluding hydrogens is 383 g/mol. The van der Waals surface area contributed by atoms with Crippen LogP contribution in [0.4, 0.5) is 18.9 Å². The van der Waals surface area contributed by atoms with E-state index >= 15 is 0 Å². The Morgan fingerprint density at radius 1 is 1.19 bits per heavy atom. The van der Waals surface area contributed by atoms with Gasteiger partial charge in [0.1, 0.15) is 6.04 Å². The fraction of sp³-hybridized carbons (Fsp3) is 0.176. The molecule has 0 fully saturated rings. The molecule has 0 unspecified atom stereocenters. The van der Waals surface area contributed by atoms with Crippen LogP contribution < -0.4 is 5.32 Å². The van der Waals surface area contributed by atoms with E-state index in [4.69, 9.17) is 11.6 Å². The third-order valence-corrected chi connectivity index (χ3v) is 3.93. The molecule has 0 aliphatic rings. The van der Waals surface area contributed by atoms with E-state index in [1.54, 1.807) is 24.3 Å². The van der Waals surface area contributed by atoms with Crippen molar-refractivity contribution < 1.29 is 18.0 Å². The number of nitrogens with zero attached hydrogens (tertiary/aromatic N) is 4. The van der Waals surface area contributed by atoms with Gasteiger partial charge in [0.15, 0.2) is 0 Å². The summed E-state index contributed by atoms with van der Waals surface area (Å²) in [5, 5.41) is 14.7. The summed E-state index contributed by atoms with van der Waals surface area (Å²) in [5.74, 6) is -0.436. The van der Waals surface area contributed by atoms with Crippen LogP contribution in [0.1, 0.15) is 18.5 Å². The third-order valence-electron chi connectivity index (χ3n) is 3.69. The molecule has 0 radical (unpaired) electrons. The number of hydrogen-bond donors (Lipinski definition) is 1. The van der Waals surface area contributed by atoms with Crippen LogP contribution in [0.5, 0.6) is 0 Å². The number of benzene rings is 2. The van der Waals surface area contributed by atoms with Crippen molar-refractivity contribution in [2.24, 2.45) is 0 Å². The molecule has 0 bridgehead atoms. The van der Waals surface area contributed by atoms with E-state index in [1.165, 1.54) is 19.1 Å². The molecule has 0 aliphatic carbocycles. The minimum absolute atomic E-state index is 0.0106. The van der Waals surface area contributed by atoms with Crippen LogP contribution in [0.25, 0.3) is 11.4 Å². The van der Waals surface area contributed by atoms with Gasteiger partial charge in [-0.25, -0.2) is 0 Å². The molecule has 1 amide bonds. The maximum atomic E-state index is 12.8. The molecule has 2 aromatic carbocycles. The number of nitrogens with one attached hydrogen (secondary N) is 1. The molecule has 1 heterocycles. The van der Waals surface area contributed by atoms with Gasteiger partial charge in [0.05, 0.1) is 5.56 Å². The van der Waals surface area contributed by atoms with Gasteiger partial charge in [0.2, 0.25) is 5.82 Å². The maximum absolute atomic E-state index is 12.8. The summed E-state index contributed by atoms with van der Waals surface area (Å²) in [4.78, 5) is 13.4. The molecule has 3 rings (SSSR count). The smallest absolute Gasteiger partial charge is 0.324 e. The Labute approximate surface area is 157 Å². The zero-order chi connectivity index (χ0) is 19.6. The van der Waals surface area contributed by atoms with Crippen molar-refractivity contribution in [3.8, 4) is 11.4 Å². The van der Waals surface area contributed by atoms with Crippen LogP contribution in [0.3, 0.4) is 0 Å². The summed E-state index contributed by atoms with van der Waals surface area (Å²) in [6.07, 6.45) is -4.48. The lowest BCUT2D eigenvalue weighted by atomic mass is 10.1. The van der Waals surface area contributed by atoms with Gasteiger partial charge in [-0.15, -0.1) is 10.2 Å². The zero-order valence-electron chi connectivity index (χ0n) is 13.9. The minimum Gasteiger partial charge on any atom is -0.324 e. The zero-order valence-corrected chi connectivity index (χ0v) is 14.7. The molecule has 3 aromatic rings. The van der Waals surface area contributed by atoms with E-state index in [1.807, 2.05) is 0 Å². The van der Waals surface area contributed by atoms with E-state index in [2.05, 4.69) is 20.7 Å². The van der Waals surface area contributed by atoms with Gasteiger partial charge in [-0.1, -0.05) is 29.8 Å². The minimum atomic E-state index is -4.48. The molecule has 140 valence electrons. The number of carbonyl (C=O) groups excluding carboxylic acids is 1. The van der Waals surface area contributed by atoms with Crippen molar-refractivity contribution in [2.75, 3.05) is 5.32 Å². The summed E-state index contributed by atoms with van der Waals surface area (Å²) in [6.45, 7) is 1.54. The fourth-order valence-corrected chi connectivity index (χ4v) is 2.45. The van der Waals surface area contributed by atoms with Crippen LogP contribution in [-0.4, -0.2) is 26.1 Å². The number of tetrazole rings is 1. The van der Waals surface area contributed by atoms with Crippen LogP contribution >= 0.6 is 11.6 Å². The van der Waals surface area contributed by atoms with Crippen molar-refractivity contribution in [1.82, 2.24) is 20.2 Å². The number of hydrogen-bond acceptors (Lipinski definition) is 4. The van der Waals surface area contributed by atoms with Crippen LogP contribution in [0.15, 0.2) is 48.5 Å². The van der Waals surface area contributed by atoms with Crippen molar-refractivity contribution in [2.45, 2.75) is 19.1 Å². The summed E-state index contributed by atoms with van der Waals surface area (Å²) >= 11 is 5.87. The molecule has 27 heavy (non-hydrogen) atoms. The Hall–Kier alpha value is -2.94. The molecule has 0 aliphatic heterocycles. The monoisotopic (exact) mass is 395 g/mol. The van der Waals surface area contributed by atoms with E-state index in [0.29, 0.717) is 10.7 Å². The molecule has 6 nitrogen and oxygen atoms in total. The van der Waals surface area contributed by atoms with Crippen molar-refractivity contribution in [3.63, 3.8) is 0 Å². The Bertz CT molecular complexity index is 973. The summed E-state index contributed by atoms with van der Waals surface area (Å²) in [6, 6.07) is 10.3. The first-order chi connectivity index (χ1) is 12.7. The molecule has 10 heteroatoms. The van der Waals surface area contributed by atoms with E-state index in [9.17, 15) is 18.0 Å². The predicted octanol–water partition coefficient (Wildman–Crippen LogP) is 4.21. The van der Waals surface area contributed by atoms with Gasteiger partial charge in [0.25, 0.3) is 5.91 Å². The normalized spacial score (nSPS) is 12.6. The second kappa shape index (κ2) is 7.36. The topological polar surface area (TPSA) is 72.7 Å². The highest BCUT2D eigenvalue weighted by Crippen LogP contribution is 2.31. The number of amides is 1. The predicted molar refractivity (Wildman–Crippen MR) is 93.0 cm³/mol. The number of carbonyl (C=O) groups is 1. The highest BCUT2D eigenvalue weighted by atomic mass is 35.5. The van der Waals surface area contributed by atoms with Gasteiger partial charge >= 0.3 is 6.18 Å². The molecule has 1 N–H and O–H groups in total. The molecule has 0 saturated heterocycles. The second-order valence-corrected chi connectivity index (χ2v) is 6.12. The maximum Gasteiger partial charge on any atom is 0.416 e. The average Bonchev–Trinajstić information content (AvgIpc) is 3.10. The molecule has 0 spiro atoms. The van der Waals surface area contributed by atoms with E-state index in [0.717, 1.165) is 16.9 Å². The number of halogens is 4. The molecule has 0 saturated carbocycles. The van der Waals surface area contributed by atoms with Crippen LogP contribution in [0, 0.1) is 0 Å². The first-order valence-corrected chi connectivity index (χ1v) is 8.15. The fourth-order valence-electron chi connectivity index (χ4n) is 2.26. The summed E-state index contributed by atoms with van der Waals surface area (Å²) < 4.78 is 38.5. The van der Waals surface area contributed by atoms with Crippen molar-refractivity contribution in [3.05, 3.63) is 59.1 Å². The lowest BCUT2D eigenvalue weighted by Crippen LogP contribution is -2.25. The van der Waals surface area contributed by atoms with Gasteiger partial charge in [-0.05, 0) is 42.5 Å². The van der Waals surface area contributed by atoms with Crippen molar-refractivity contribution in [1.29, 1.82) is 0 Å². The lowest BCUT2D eigenvalue weighted by molar-refractivity contribution is -0.137. The van der Waals surface area contributed by atoms with Gasteiger partial charge in [0, 0.05) is 16.3 Å². The molecule has 1 atom stereocenters.